The van der Waals surface area contributed by atoms with Crippen LogP contribution in [0.3, 0.4) is 0 Å². The van der Waals surface area contributed by atoms with Gasteiger partial charge in [-0.3, -0.25) is 4.84 Å². The first-order chi connectivity index (χ1) is 5.65. The maximum atomic E-state index is 12.9. The smallest absolute Gasteiger partial charge is 0.143 e. The van der Waals surface area contributed by atoms with Crippen LogP contribution in [0.4, 0.5) is 4.39 Å². The van der Waals surface area contributed by atoms with Crippen molar-refractivity contribution < 1.29 is 9.23 Å². The third-order valence-electron chi connectivity index (χ3n) is 1.29. The van der Waals surface area contributed by atoms with Crippen LogP contribution in [0, 0.1) is 5.82 Å². The van der Waals surface area contributed by atoms with Crippen LogP contribution in [0.1, 0.15) is 5.56 Å². The van der Waals surface area contributed by atoms with Crippen LogP contribution < -0.4 is 5.90 Å². The topological polar surface area (TPSA) is 35.2 Å². The van der Waals surface area contributed by atoms with Crippen molar-refractivity contribution in [1.29, 1.82) is 0 Å². The third-order valence-corrected chi connectivity index (χ3v) is 2.53. The number of benzene rings is 1. The van der Waals surface area contributed by atoms with Crippen molar-refractivity contribution in [3.05, 3.63) is 33.0 Å². The Balaban J connectivity index is 3.04. The monoisotopic (exact) mass is 253 g/mol. The van der Waals surface area contributed by atoms with E-state index in [0.717, 1.165) is 0 Å². The van der Waals surface area contributed by atoms with E-state index in [1.165, 1.54) is 6.07 Å². The number of nitrogens with two attached hydrogens (primary N) is 1. The van der Waals surface area contributed by atoms with Gasteiger partial charge < -0.3 is 0 Å². The zero-order valence-electron chi connectivity index (χ0n) is 5.98. The molecule has 12 heavy (non-hydrogen) atoms. The van der Waals surface area contributed by atoms with Crippen LogP contribution in [-0.2, 0) is 11.4 Å². The first-order valence-electron chi connectivity index (χ1n) is 3.10. The predicted molar refractivity (Wildman–Crippen MR) is 48.1 cm³/mol. The molecule has 0 aliphatic carbocycles. The number of halogens is 3. The Morgan fingerprint density at radius 2 is 2.25 bits per heavy atom. The third kappa shape index (κ3) is 2.17. The molecule has 0 heterocycles. The summed E-state index contributed by atoms with van der Waals surface area (Å²) in [5.41, 5.74) is 0.631. The second-order valence-corrected chi connectivity index (χ2v) is 3.42. The van der Waals surface area contributed by atoms with E-state index in [0.29, 0.717) is 10.0 Å². The molecule has 0 aliphatic heterocycles. The molecule has 0 atom stereocenters. The van der Waals surface area contributed by atoms with E-state index >= 15 is 0 Å². The molecule has 0 amide bonds. The molecule has 1 aromatic rings. The summed E-state index contributed by atoms with van der Waals surface area (Å²) in [5.74, 6) is 4.34. The Kier molecular flexibility index (Phi) is 3.46. The molecule has 0 unspecified atom stereocenters. The molecule has 0 radical (unpaired) electrons. The first kappa shape index (κ1) is 9.92. The Labute approximate surface area is 82.5 Å². The fourth-order valence-corrected chi connectivity index (χ4v) is 1.38. The van der Waals surface area contributed by atoms with Crippen LogP contribution in [-0.4, -0.2) is 0 Å². The summed E-state index contributed by atoms with van der Waals surface area (Å²) >= 11 is 8.65. The van der Waals surface area contributed by atoms with Gasteiger partial charge in [-0.1, -0.05) is 11.6 Å². The van der Waals surface area contributed by atoms with E-state index in [2.05, 4.69) is 20.8 Å². The number of hydrogen-bond donors (Lipinski definition) is 1. The lowest BCUT2D eigenvalue weighted by atomic mass is 10.2. The summed E-state index contributed by atoms with van der Waals surface area (Å²) < 4.78 is 13.4. The molecule has 2 nitrogen and oxygen atoms in total. The van der Waals surface area contributed by atoms with Crippen LogP contribution in [0.5, 0.6) is 0 Å². The number of rotatable bonds is 2. The molecule has 0 saturated heterocycles. The summed E-state index contributed by atoms with van der Waals surface area (Å²) in [4.78, 5) is 4.35. The van der Waals surface area contributed by atoms with E-state index < -0.39 is 5.82 Å². The zero-order chi connectivity index (χ0) is 9.14. The largest absolute Gasteiger partial charge is 0.300 e. The Morgan fingerprint density at radius 3 is 2.75 bits per heavy atom. The molecule has 0 fully saturated rings. The van der Waals surface area contributed by atoms with Gasteiger partial charge >= 0.3 is 0 Å². The highest BCUT2D eigenvalue weighted by molar-refractivity contribution is 9.10. The molecule has 0 aromatic heterocycles. The first-order valence-corrected chi connectivity index (χ1v) is 4.27. The van der Waals surface area contributed by atoms with Crippen molar-refractivity contribution in [2.24, 2.45) is 5.90 Å². The molecule has 0 spiro atoms. The highest BCUT2D eigenvalue weighted by Gasteiger charge is 2.06. The van der Waals surface area contributed by atoms with Crippen LogP contribution in [0.15, 0.2) is 16.6 Å². The van der Waals surface area contributed by atoms with Crippen molar-refractivity contribution in [3.63, 3.8) is 0 Å². The minimum Gasteiger partial charge on any atom is -0.300 e. The molecule has 0 saturated carbocycles. The molecule has 0 bridgehead atoms. The predicted octanol–water partition coefficient (Wildman–Crippen LogP) is 2.63. The van der Waals surface area contributed by atoms with E-state index in [9.17, 15) is 4.39 Å². The fourth-order valence-electron chi connectivity index (χ4n) is 0.788. The van der Waals surface area contributed by atoms with Gasteiger partial charge in [0.15, 0.2) is 0 Å². The Hall–Kier alpha value is -0.160. The summed E-state index contributed by atoms with van der Waals surface area (Å²) in [6.45, 7) is 0.159. The second-order valence-electron chi connectivity index (χ2n) is 2.18. The van der Waals surface area contributed by atoms with Crippen molar-refractivity contribution in [2.75, 3.05) is 0 Å². The Bertz CT molecular complexity index is 272. The molecule has 1 rings (SSSR count). The molecule has 2 N–H and O–H groups in total. The summed E-state index contributed by atoms with van der Waals surface area (Å²) in [5, 5.41) is 0.0655. The Morgan fingerprint density at radius 1 is 1.58 bits per heavy atom. The lowest BCUT2D eigenvalue weighted by Gasteiger charge is -2.02. The van der Waals surface area contributed by atoms with E-state index in [-0.39, 0.29) is 11.6 Å². The van der Waals surface area contributed by atoms with Gasteiger partial charge in [-0.05, 0) is 33.6 Å². The standard InChI is InChI=1S/C7H6BrClFNO/c8-5-1-4(3-12-11)2-6(10)7(5)9/h1-2H,3,11H2. The van der Waals surface area contributed by atoms with Crippen LogP contribution in [0.2, 0.25) is 5.02 Å². The van der Waals surface area contributed by atoms with Gasteiger partial charge in [0.25, 0.3) is 0 Å². The highest BCUT2D eigenvalue weighted by Crippen LogP contribution is 2.26. The van der Waals surface area contributed by atoms with Crippen molar-refractivity contribution in [3.8, 4) is 0 Å². The van der Waals surface area contributed by atoms with Crippen molar-refractivity contribution in [2.45, 2.75) is 6.61 Å². The van der Waals surface area contributed by atoms with Gasteiger partial charge in [-0.15, -0.1) is 0 Å². The molecule has 1 aromatic carbocycles. The normalized spacial score (nSPS) is 10.3. The minimum absolute atomic E-state index is 0.0655. The van der Waals surface area contributed by atoms with Gasteiger partial charge in [-0.2, -0.15) is 0 Å². The van der Waals surface area contributed by atoms with Gasteiger partial charge in [0, 0.05) is 4.47 Å². The van der Waals surface area contributed by atoms with Crippen LogP contribution in [0.25, 0.3) is 0 Å². The van der Waals surface area contributed by atoms with E-state index in [1.54, 1.807) is 6.07 Å². The highest BCUT2D eigenvalue weighted by atomic mass is 79.9. The number of hydrogen-bond acceptors (Lipinski definition) is 2. The fraction of sp³-hybridized carbons (Fsp3) is 0.143. The maximum absolute atomic E-state index is 12.9. The van der Waals surface area contributed by atoms with Crippen LogP contribution >= 0.6 is 27.5 Å². The quantitative estimate of drug-likeness (QED) is 0.650. The summed E-state index contributed by atoms with van der Waals surface area (Å²) in [7, 11) is 0. The molecule has 5 heteroatoms. The molecular formula is C7H6BrClFNO. The summed E-state index contributed by atoms with van der Waals surface area (Å²) in [6.07, 6.45) is 0. The molecule has 0 aliphatic rings. The van der Waals surface area contributed by atoms with Gasteiger partial charge in [0.2, 0.25) is 0 Å². The van der Waals surface area contributed by atoms with Crippen molar-refractivity contribution in [1.82, 2.24) is 0 Å². The van der Waals surface area contributed by atoms with E-state index in [4.69, 9.17) is 17.5 Å². The molecule has 66 valence electrons. The van der Waals surface area contributed by atoms with Gasteiger partial charge in [0.1, 0.15) is 5.82 Å². The lowest BCUT2D eigenvalue weighted by molar-refractivity contribution is 0.124. The van der Waals surface area contributed by atoms with Crippen molar-refractivity contribution >= 4 is 27.5 Å². The van der Waals surface area contributed by atoms with E-state index in [1.807, 2.05) is 0 Å². The SMILES string of the molecule is NOCc1cc(F)c(Cl)c(Br)c1. The van der Waals surface area contributed by atoms with Gasteiger partial charge in [-0.25, -0.2) is 10.3 Å². The maximum Gasteiger partial charge on any atom is 0.143 e. The minimum atomic E-state index is -0.488. The average Bonchev–Trinajstić information content (AvgIpc) is 2.01. The average molecular weight is 254 g/mol. The molecular weight excluding hydrogens is 248 g/mol. The lowest BCUT2D eigenvalue weighted by Crippen LogP contribution is -1.99. The second kappa shape index (κ2) is 4.18. The summed E-state index contributed by atoms with van der Waals surface area (Å²) in [6, 6.07) is 2.93. The van der Waals surface area contributed by atoms with Gasteiger partial charge in [0.05, 0.1) is 11.6 Å². The zero-order valence-corrected chi connectivity index (χ0v) is 8.32.